The molecular weight excluding hydrogens is 271 g/mol. The number of thiazole rings is 1. The van der Waals surface area contributed by atoms with Crippen LogP contribution in [0.3, 0.4) is 0 Å². The van der Waals surface area contributed by atoms with E-state index in [1.54, 1.807) is 12.4 Å². The van der Waals surface area contributed by atoms with Gasteiger partial charge in [-0.3, -0.25) is 4.98 Å². The first-order chi connectivity index (χ1) is 9.65. The highest BCUT2D eigenvalue weighted by atomic mass is 32.1. The van der Waals surface area contributed by atoms with Crippen LogP contribution in [0.25, 0.3) is 21.8 Å². The average molecular weight is 284 g/mol. The number of aryl methyl sites for hydroxylation is 2. The second-order valence-electron chi connectivity index (χ2n) is 4.70. The fourth-order valence-corrected chi connectivity index (χ4v) is 2.88. The molecule has 0 unspecified atom stereocenters. The smallest absolute Gasteiger partial charge is 0.204 e. The van der Waals surface area contributed by atoms with Gasteiger partial charge in [-0.05, 0) is 25.5 Å². The van der Waals surface area contributed by atoms with Crippen LogP contribution >= 0.6 is 11.3 Å². The van der Waals surface area contributed by atoms with Crippen molar-refractivity contribution in [3.63, 3.8) is 0 Å². The molecule has 4 heteroatoms. The molecule has 2 nitrogen and oxygen atoms in total. The Labute approximate surface area is 121 Å². The van der Waals surface area contributed by atoms with E-state index in [2.05, 4.69) is 9.97 Å². The number of rotatable bonds is 2. The molecule has 0 saturated heterocycles. The molecule has 100 valence electrons. The third kappa shape index (κ3) is 2.34. The molecule has 0 bridgehead atoms. The van der Waals surface area contributed by atoms with Crippen LogP contribution in [0.2, 0.25) is 0 Å². The van der Waals surface area contributed by atoms with E-state index >= 15 is 0 Å². The SMILES string of the molecule is Cc1ccc(-c2nc(-c3cnccc3C)sc2F)cc1. The fourth-order valence-electron chi connectivity index (χ4n) is 1.99. The van der Waals surface area contributed by atoms with Gasteiger partial charge in [0.25, 0.3) is 0 Å². The number of pyridine rings is 1. The number of hydrogen-bond donors (Lipinski definition) is 0. The van der Waals surface area contributed by atoms with Crippen LogP contribution < -0.4 is 0 Å². The lowest BCUT2D eigenvalue weighted by Gasteiger charge is -2.00. The van der Waals surface area contributed by atoms with Crippen molar-refractivity contribution in [3.05, 3.63) is 59.0 Å². The molecule has 3 aromatic rings. The van der Waals surface area contributed by atoms with Crippen LogP contribution in [0, 0.1) is 19.0 Å². The molecule has 0 N–H and O–H groups in total. The van der Waals surface area contributed by atoms with E-state index in [1.165, 1.54) is 0 Å². The minimum atomic E-state index is -0.257. The first kappa shape index (κ1) is 12.9. The predicted molar refractivity (Wildman–Crippen MR) is 80.2 cm³/mol. The molecule has 0 saturated carbocycles. The second kappa shape index (κ2) is 5.13. The van der Waals surface area contributed by atoms with Crippen LogP contribution in [0.15, 0.2) is 42.7 Å². The van der Waals surface area contributed by atoms with Crippen LogP contribution in [0.4, 0.5) is 4.39 Å². The summed E-state index contributed by atoms with van der Waals surface area (Å²) in [7, 11) is 0. The summed E-state index contributed by atoms with van der Waals surface area (Å²) < 4.78 is 14.1. The molecule has 0 aliphatic carbocycles. The topological polar surface area (TPSA) is 25.8 Å². The van der Waals surface area contributed by atoms with E-state index in [1.807, 2.05) is 44.2 Å². The van der Waals surface area contributed by atoms with Crippen LogP contribution in [-0.4, -0.2) is 9.97 Å². The molecule has 2 heterocycles. The van der Waals surface area contributed by atoms with E-state index in [-0.39, 0.29) is 5.13 Å². The zero-order valence-corrected chi connectivity index (χ0v) is 12.0. The van der Waals surface area contributed by atoms with Crippen molar-refractivity contribution in [2.75, 3.05) is 0 Å². The fraction of sp³-hybridized carbons (Fsp3) is 0.125. The Morgan fingerprint density at radius 2 is 1.80 bits per heavy atom. The molecule has 3 rings (SSSR count). The monoisotopic (exact) mass is 284 g/mol. The number of nitrogens with zero attached hydrogens (tertiary/aromatic N) is 2. The molecule has 0 spiro atoms. The van der Waals surface area contributed by atoms with Gasteiger partial charge in [0.1, 0.15) is 10.7 Å². The molecule has 0 fully saturated rings. The molecule has 0 atom stereocenters. The predicted octanol–water partition coefficient (Wildman–Crippen LogP) is 4.63. The van der Waals surface area contributed by atoms with Crippen LogP contribution in [0.1, 0.15) is 11.1 Å². The van der Waals surface area contributed by atoms with Gasteiger partial charge in [0.05, 0.1) is 0 Å². The van der Waals surface area contributed by atoms with Crippen molar-refractivity contribution in [2.24, 2.45) is 0 Å². The minimum absolute atomic E-state index is 0.257. The van der Waals surface area contributed by atoms with Crippen LogP contribution in [0.5, 0.6) is 0 Å². The van der Waals surface area contributed by atoms with Crippen molar-refractivity contribution >= 4 is 11.3 Å². The second-order valence-corrected chi connectivity index (χ2v) is 5.65. The molecular formula is C16H13FN2S. The van der Waals surface area contributed by atoms with Crippen molar-refractivity contribution < 1.29 is 4.39 Å². The molecule has 0 aliphatic rings. The third-order valence-corrected chi connectivity index (χ3v) is 4.06. The van der Waals surface area contributed by atoms with Crippen molar-refractivity contribution in [1.82, 2.24) is 9.97 Å². The molecule has 2 aromatic heterocycles. The van der Waals surface area contributed by atoms with Gasteiger partial charge >= 0.3 is 0 Å². The Morgan fingerprint density at radius 1 is 1.05 bits per heavy atom. The summed E-state index contributed by atoms with van der Waals surface area (Å²) in [5.74, 6) is 0. The van der Waals surface area contributed by atoms with Gasteiger partial charge in [0.2, 0.25) is 5.13 Å². The van der Waals surface area contributed by atoms with Gasteiger partial charge in [-0.25, -0.2) is 4.98 Å². The van der Waals surface area contributed by atoms with Gasteiger partial charge in [0.15, 0.2) is 0 Å². The zero-order valence-electron chi connectivity index (χ0n) is 11.2. The van der Waals surface area contributed by atoms with E-state index < -0.39 is 0 Å². The highest BCUT2D eigenvalue weighted by Gasteiger charge is 2.15. The molecule has 1 aromatic carbocycles. The maximum Gasteiger partial charge on any atom is 0.204 e. The minimum Gasteiger partial charge on any atom is -0.264 e. The number of hydrogen-bond acceptors (Lipinski definition) is 3. The molecule has 0 amide bonds. The average Bonchev–Trinajstić information content (AvgIpc) is 2.82. The Balaban J connectivity index is 2.08. The molecule has 0 aliphatic heterocycles. The normalized spacial score (nSPS) is 10.8. The van der Waals surface area contributed by atoms with E-state index in [9.17, 15) is 4.39 Å². The quantitative estimate of drug-likeness (QED) is 0.685. The van der Waals surface area contributed by atoms with Gasteiger partial charge in [-0.15, -0.1) is 0 Å². The number of halogens is 1. The first-order valence-corrected chi connectivity index (χ1v) is 7.11. The molecule has 20 heavy (non-hydrogen) atoms. The maximum atomic E-state index is 14.1. The lowest BCUT2D eigenvalue weighted by atomic mass is 10.1. The van der Waals surface area contributed by atoms with Crippen molar-refractivity contribution in [1.29, 1.82) is 0 Å². The number of benzene rings is 1. The molecule has 0 radical (unpaired) electrons. The first-order valence-electron chi connectivity index (χ1n) is 6.29. The lowest BCUT2D eigenvalue weighted by Crippen LogP contribution is -1.85. The van der Waals surface area contributed by atoms with Crippen molar-refractivity contribution in [2.45, 2.75) is 13.8 Å². The summed E-state index contributed by atoms with van der Waals surface area (Å²) in [6, 6.07) is 9.62. The Bertz CT molecular complexity index is 747. The standard InChI is InChI=1S/C16H13FN2S/c1-10-3-5-12(6-4-10)14-15(17)20-16(19-14)13-9-18-8-7-11(13)2/h3-9H,1-2H3. The van der Waals surface area contributed by atoms with Gasteiger partial charge in [0, 0.05) is 23.5 Å². The number of aromatic nitrogens is 2. The summed E-state index contributed by atoms with van der Waals surface area (Å²) in [4.78, 5) is 8.53. The largest absolute Gasteiger partial charge is 0.264 e. The van der Waals surface area contributed by atoms with E-state index in [0.717, 1.165) is 33.6 Å². The van der Waals surface area contributed by atoms with Crippen LogP contribution in [-0.2, 0) is 0 Å². The van der Waals surface area contributed by atoms with Gasteiger partial charge in [-0.1, -0.05) is 41.2 Å². The van der Waals surface area contributed by atoms with E-state index in [0.29, 0.717) is 10.7 Å². The Hall–Kier alpha value is -2.07. The maximum absolute atomic E-state index is 14.1. The summed E-state index contributed by atoms with van der Waals surface area (Å²) in [5, 5.41) is 0.413. The summed E-state index contributed by atoms with van der Waals surface area (Å²) in [6.45, 7) is 3.98. The summed E-state index contributed by atoms with van der Waals surface area (Å²) in [6.07, 6.45) is 3.45. The van der Waals surface area contributed by atoms with E-state index in [4.69, 9.17) is 0 Å². The Kier molecular flexibility index (Phi) is 3.32. The highest BCUT2D eigenvalue weighted by Crippen LogP contribution is 2.33. The highest BCUT2D eigenvalue weighted by molar-refractivity contribution is 7.13. The summed E-state index contributed by atoms with van der Waals surface area (Å²) >= 11 is 1.06. The zero-order chi connectivity index (χ0) is 14.1. The lowest BCUT2D eigenvalue weighted by molar-refractivity contribution is 0.657. The van der Waals surface area contributed by atoms with Crippen molar-refractivity contribution in [3.8, 4) is 21.8 Å². The summed E-state index contributed by atoms with van der Waals surface area (Å²) in [5.41, 5.74) is 4.29. The van der Waals surface area contributed by atoms with Gasteiger partial charge in [-0.2, -0.15) is 4.39 Å². The Morgan fingerprint density at radius 3 is 2.50 bits per heavy atom. The third-order valence-electron chi connectivity index (χ3n) is 3.18. The van der Waals surface area contributed by atoms with Gasteiger partial charge < -0.3 is 0 Å².